The molecule has 0 fully saturated rings. The topological polar surface area (TPSA) is 79.3 Å². The molecular formula is C13H18N2O3S. The minimum absolute atomic E-state index is 0.191. The normalized spacial score (nSPS) is 13.6. The second-order valence-corrected chi connectivity index (χ2v) is 5.46. The Labute approximate surface area is 116 Å². The highest BCUT2D eigenvalue weighted by Crippen LogP contribution is 2.17. The maximum atomic E-state index is 11.8. The maximum absolute atomic E-state index is 11.8. The van der Waals surface area contributed by atoms with E-state index in [0.717, 1.165) is 4.90 Å². The van der Waals surface area contributed by atoms with Crippen LogP contribution >= 0.6 is 11.8 Å². The van der Waals surface area contributed by atoms with Crippen molar-refractivity contribution in [3.05, 3.63) is 24.5 Å². The molecule has 0 radical (unpaired) electrons. The molecule has 0 aromatic carbocycles. The molecule has 1 atom stereocenters. The molecule has 0 spiro atoms. The second-order valence-electron chi connectivity index (χ2n) is 4.41. The molecule has 6 heteroatoms. The van der Waals surface area contributed by atoms with Crippen LogP contribution in [0.15, 0.2) is 29.4 Å². The Hall–Kier alpha value is -1.56. The monoisotopic (exact) mass is 282 g/mol. The van der Waals surface area contributed by atoms with Gasteiger partial charge in [-0.25, -0.2) is 4.79 Å². The zero-order valence-corrected chi connectivity index (χ0v) is 11.9. The van der Waals surface area contributed by atoms with Gasteiger partial charge in [-0.3, -0.25) is 9.78 Å². The minimum atomic E-state index is -1.19. The largest absolute Gasteiger partial charge is 0.480 e. The highest BCUT2D eigenvalue weighted by atomic mass is 32.2. The lowest BCUT2D eigenvalue weighted by atomic mass is 9.96. The van der Waals surface area contributed by atoms with E-state index in [9.17, 15) is 9.59 Å². The number of nitrogens with one attached hydrogen (secondary N) is 1. The van der Waals surface area contributed by atoms with E-state index in [1.165, 1.54) is 18.7 Å². The number of aromatic nitrogens is 1. The van der Waals surface area contributed by atoms with Crippen molar-refractivity contribution in [1.82, 2.24) is 10.3 Å². The summed E-state index contributed by atoms with van der Waals surface area (Å²) in [5.74, 6) is -1.09. The number of amides is 1. The number of carbonyl (C=O) groups excluding carboxylic acids is 1. The number of carbonyl (C=O) groups is 2. The standard InChI is InChI=1S/C13H18N2O3S/c1-3-6-13(2,12(17)18)15-11(16)9-19-10-4-7-14-8-5-10/h4-5,7-8H,3,6,9H2,1-2H3,(H,15,16)(H,17,18). The van der Waals surface area contributed by atoms with Crippen molar-refractivity contribution in [2.75, 3.05) is 5.75 Å². The van der Waals surface area contributed by atoms with Crippen LogP contribution in [0.25, 0.3) is 0 Å². The molecule has 0 aliphatic rings. The van der Waals surface area contributed by atoms with Crippen LogP contribution in [0.3, 0.4) is 0 Å². The van der Waals surface area contributed by atoms with Crippen LogP contribution in [0.2, 0.25) is 0 Å². The maximum Gasteiger partial charge on any atom is 0.329 e. The number of carboxylic acids is 1. The molecule has 1 unspecified atom stereocenters. The first-order valence-corrected chi connectivity index (χ1v) is 7.03. The lowest BCUT2D eigenvalue weighted by Crippen LogP contribution is -2.52. The third-order valence-electron chi connectivity index (χ3n) is 2.66. The first-order valence-electron chi connectivity index (χ1n) is 6.05. The second kappa shape index (κ2) is 7.13. The molecule has 0 bridgehead atoms. The van der Waals surface area contributed by atoms with E-state index < -0.39 is 11.5 Å². The van der Waals surface area contributed by atoms with Crippen LogP contribution in [-0.4, -0.2) is 33.3 Å². The molecule has 5 nitrogen and oxygen atoms in total. The average Bonchev–Trinajstić information content (AvgIpc) is 2.37. The predicted octanol–water partition coefficient (Wildman–Crippen LogP) is 1.93. The van der Waals surface area contributed by atoms with Crippen molar-refractivity contribution in [1.29, 1.82) is 0 Å². The molecule has 1 aromatic heterocycles. The van der Waals surface area contributed by atoms with Gasteiger partial charge in [-0.05, 0) is 25.5 Å². The van der Waals surface area contributed by atoms with Crippen LogP contribution in [0.4, 0.5) is 0 Å². The molecule has 0 saturated heterocycles. The Morgan fingerprint density at radius 1 is 1.42 bits per heavy atom. The summed E-state index contributed by atoms with van der Waals surface area (Å²) in [7, 11) is 0. The summed E-state index contributed by atoms with van der Waals surface area (Å²) in [6.07, 6.45) is 4.41. The van der Waals surface area contributed by atoms with Crippen molar-refractivity contribution in [2.24, 2.45) is 0 Å². The highest BCUT2D eigenvalue weighted by molar-refractivity contribution is 8.00. The smallest absolute Gasteiger partial charge is 0.329 e. The third-order valence-corrected chi connectivity index (χ3v) is 3.67. The Bertz CT molecular complexity index is 439. The first-order chi connectivity index (χ1) is 8.98. The van der Waals surface area contributed by atoms with Crippen molar-refractivity contribution in [2.45, 2.75) is 37.1 Å². The Morgan fingerprint density at radius 3 is 2.58 bits per heavy atom. The molecule has 0 aliphatic carbocycles. The lowest BCUT2D eigenvalue weighted by Gasteiger charge is -2.25. The Morgan fingerprint density at radius 2 is 2.05 bits per heavy atom. The molecule has 1 amide bonds. The Balaban J connectivity index is 2.52. The van der Waals surface area contributed by atoms with Gasteiger partial charge in [0.1, 0.15) is 5.54 Å². The van der Waals surface area contributed by atoms with Gasteiger partial charge in [-0.2, -0.15) is 0 Å². The molecule has 0 aliphatic heterocycles. The SMILES string of the molecule is CCCC(C)(NC(=O)CSc1ccncc1)C(=O)O. The van der Waals surface area contributed by atoms with Crippen molar-refractivity contribution >= 4 is 23.6 Å². The van der Waals surface area contributed by atoms with E-state index in [0.29, 0.717) is 12.8 Å². The zero-order valence-electron chi connectivity index (χ0n) is 11.0. The number of hydrogen-bond acceptors (Lipinski definition) is 4. The van der Waals surface area contributed by atoms with Gasteiger partial charge < -0.3 is 10.4 Å². The summed E-state index contributed by atoms with van der Waals surface area (Å²) in [5, 5.41) is 11.8. The summed E-state index contributed by atoms with van der Waals surface area (Å²) in [5.41, 5.74) is -1.19. The van der Waals surface area contributed by atoms with Gasteiger partial charge in [-0.1, -0.05) is 13.3 Å². The summed E-state index contributed by atoms with van der Waals surface area (Å²) >= 11 is 1.35. The van der Waals surface area contributed by atoms with Gasteiger partial charge in [0.05, 0.1) is 5.75 Å². The molecule has 2 N–H and O–H groups in total. The van der Waals surface area contributed by atoms with Gasteiger partial charge in [0.15, 0.2) is 0 Å². The number of aliphatic carboxylic acids is 1. The van der Waals surface area contributed by atoms with E-state index in [4.69, 9.17) is 5.11 Å². The van der Waals surface area contributed by atoms with Crippen LogP contribution in [-0.2, 0) is 9.59 Å². The summed E-state index contributed by atoms with van der Waals surface area (Å²) in [4.78, 5) is 27.8. The quantitative estimate of drug-likeness (QED) is 0.747. The zero-order chi connectivity index (χ0) is 14.3. The number of carboxylic acid groups (broad SMARTS) is 1. The molecule has 104 valence electrons. The first kappa shape index (κ1) is 15.5. The molecule has 1 aromatic rings. The van der Waals surface area contributed by atoms with E-state index >= 15 is 0 Å². The van der Waals surface area contributed by atoms with E-state index in [1.54, 1.807) is 24.5 Å². The molecule has 1 heterocycles. The van der Waals surface area contributed by atoms with Crippen LogP contribution < -0.4 is 5.32 Å². The average molecular weight is 282 g/mol. The molecule has 0 saturated carbocycles. The van der Waals surface area contributed by atoms with Crippen LogP contribution in [0.1, 0.15) is 26.7 Å². The number of pyridine rings is 1. The number of hydrogen-bond donors (Lipinski definition) is 2. The fraction of sp³-hybridized carbons (Fsp3) is 0.462. The van der Waals surface area contributed by atoms with E-state index in [-0.39, 0.29) is 11.7 Å². The van der Waals surface area contributed by atoms with Gasteiger partial charge in [0.2, 0.25) is 5.91 Å². The van der Waals surface area contributed by atoms with Crippen LogP contribution in [0.5, 0.6) is 0 Å². The Kier molecular flexibility index (Phi) is 5.82. The van der Waals surface area contributed by atoms with Gasteiger partial charge in [0, 0.05) is 17.3 Å². The fourth-order valence-electron chi connectivity index (χ4n) is 1.65. The fourth-order valence-corrected chi connectivity index (χ4v) is 2.33. The number of nitrogens with zero attached hydrogens (tertiary/aromatic N) is 1. The summed E-state index contributed by atoms with van der Waals surface area (Å²) in [6, 6.07) is 3.61. The lowest BCUT2D eigenvalue weighted by molar-refractivity contribution is -0.146. The molecule has 19 heavy (non-hydrogen) atoms. The van der Waals surface area contributed by atoms with Gasteiger partial charge >= 0.3 is 5.97 Å². The highest BCUT2D eigenvalue weighted by Gasteiger charge is 2.33. The molecule has 1 rings (SSSR count). The van der Waals surface area contributed by atoms with Gasteiger partial charge in [0.25, 0.3) is 0 Å². The van der Waals surface area contributed by atoms with Crippen molar-refractivity contribution in [3.8, 4) is 0 Å². The van der Waals surface area contributed by atoms with Crippen molar-refractivity contribution < 1.29 is 14.7 Å². The van der Waals surface area contributed by atoms with E-state index in [1.807, 2.05) is 6.92 Å². The third kappa shape index (κ3) is 4.90. The number of thioether (sulfide) groups is 1. The van der Waals surface area contributed by atoms with E-state index in [2.05, 4.69) is 10.3 Å². The summed E-state index contributed by atoms with van der Waals surface area (Å²) < 4.78 is 0. The predicted molar refractivity (Wildman–Crippen MR) is 74.1 cm³/mol. The molecular weight excluding hydrogens is 264 g/mol. The minimum Gasteiger partial charge on any atom is -0.480 e. The number of rotatable bonds is 7. The summed E-state index contributed by atoms with van der Waals surface area (Å²) in [6.45, 7) is 3.42. The van der Waals surface area contributed by atoms with Gasteiger partial charge in [-0.15, -0.1) is 11.8 Å². The van der Waals surface area contributed by atoms with Crippen molar-refractivity contribution in [3.63, 3.8) is 0 Å². The van der Waals surface area contributed by atoms with Crippen LogP contribution in [0, 0.1) is 0 Å².